The fraction of sp³-hybridized carbons (Fsp3) is 0.375. The number of nitrogens with one attached hydrogen (secondary N) is 1. The summed E-state index contributed by atoms with van der Waals surface area (Å²) in [6, 6.07) is 8.01. The van der Waals surface area contributed by atoms with Gasteiger partial charge in [0.05, 0.1) is 19.0 Å². The van der Waals surface area contributed by atoms with E-state index in [0.717, 1.165) is 36.1 Å². The fourth-order valence-electron chi connectivity index (χ4n) is 3.79. The zero-order valence-electron chi connectivity index (χ0n) is 18.4. The molecule has 1 atom stereocenters. The highest BCUT2D eigenvalue weighted by atomic mass is 16.5. The molecule has 2 aromatic heterocycles. The summed E-state index contributed by atoms with van der Waals surface area (Å²) in [6.45, 7) is 5.90. The number of likely N-dealkylation sites (tertiary alicyclic amines) is 1. The number of anilines is 1. The number of nitrogens with zero attached hydrogens (tertiary/aromatic N) is 3. The Hall–Kier alpha value is -3.55. The number of amides is 2. The van der Waals surface area contributed by atoms with Crippen LogP contribution in [0.25, 0.3) is 6.08 Å². The smallest absolute Gasteiger partial charge is 0.322 e. The van der Waals surface area contributed by atoms with Crippen LogP contribution in [-0.2, 0) is 6.42 Å². The minimum absolute atomic E-state index is 0.121. The molecule has 0 saturated carbocycles. The van der Waals surface area contributed by atoms with Gasteiger partial charge in [0.25, 0.3) is 0 Å². The van der Waals surface area contributed by atoms with Crippen molar-refractivity contribution in [1.29, 1.82) is 0 Å². The van der Waals surface area contributed by atoms with E-state index in [4.69, 9.17) is 13.8 Å². The molecule has 0 aliphatic carbocycles. The number of hydrogen-bond donors (Lipinski definition) is 1. The van der Waals surface area contributed by atoms with Gasteiger partial charge in [0, 0.05) is 18.7 Å². The number of benzene rings is 1. The van der Waals surface area contributed by atoms with E-state index < -0.39 is 0 Å². The lowest BCUT2D eigenvalue weighted by molar-refractivity contribution is 0.197. The maximum atomic E-state index is 12.6. The van der Waals surface area contributed by atoms with Crippen molar-refractivity contribution in [3.8, 4) is 5.75 Å². The number of carbonyl (C=O) groups excluding carboxylic acids is 1. The van der Waals surface area contributed by atoms with Crippen LogP contribution in [0.4, 0.5) is 10.5 Å². The third-order valence-electron chi connectivity index (χ3n) is 5.65. The number of aromatic nitrogens is 2. The Balaban J connectivity index is 1.29. The molecule has 1 aliphatic heterocycles. The third kappa shape index (κ3) is 5.57. The van der Waals surface area contributed by atoms with Gasteiger partial charge >= 0.3 is 6.03 Å². The molecule has 1 saturated heterocycles. The van der Waals surface area contributed by atoms with Crippen LogP contribution in [0.5, 0.6) is 5.75 Å². The summed E-state index contributed by atoms with van der Waals surface area (Å²) >= 11 is 0. The Labute approximate surface area is 187 Å². The van der Waals surface area contributed by atoms with Gasteiger partial charge in [0.15, 0.2) is 5.76 Å². The molecule has 3 aromatic rings. The van der Waals surface area contributed by atoms with Crippen molar-refractivity contribution in [3.63, 3.8) is 0 Å². The summed E-state index contributed by atoms with van der Waals surface area (Å²) in [5.74, 6) is 1.73. The molecule has 1 unspecified atom stereocenters. The first-order chi connectivity index (χ1) is 15.6. The minimum Gasteiger partial charge on any atom is -0.494 e. The topological polar surface area (TPSA) is 93.6 Å². The van der Waals surface area contributed by atoms with Gasteiger partial charge < -0.3 is 24.0 Å². The average Bonchev–Trinajstić information content (AvgIpc) is 3.45. The quantitative estimate of drug-likeness (QED) is 0.527. The van der Waals surface area contributed by atoms with Gasteiger partial charge in [-0.15, -0.1) is 0 Å². The highest BCUT2D eigenvalue weighted by Gasteiger charge is 2.25. The second-order valence-corrected chi connectivity index (χ2v) is 8.10. The lowest BCUT2D eigenvalue weighted by atomic mass is 9.91. The normalized spacial score (nSPS) is 17.5. The molecule has 4 rings (SSSR count). The average molecular weight is 437 g/mol. The van der Waals surface area contributed by atoms with Crippen molar-refractivity contribution in [3.05, 3.63) is 65.4 Å². The van der Waals surface area contributed by atoms with Crippen LogP contribution in [0.15, 0.2) is 57.5 Å². The Morgan fingerprint density at radius 1 is 1.34 bits per heavy atom. The van der Waals surface area contributed by atoms with Gasteiger partial charge in [0.2, 0.25) is 0 Å². The van der Waals surface area contributed by atoms with Crippen molar-refractivity contribution < 1.29 is 18.6 Å². The van der Waals surface area contributed by atoms with Crippen LogP contribution in [0.2, 0.25) is 0 Å². The number of hydrogen-bond acceptors (Lipinski definition) is 6. The highest BCUT2D eigenvalue weighted by molar-refractivity contribution is 5.89. The number of urea groups is 1. The van der Waals surface area contributed by atoms with E-state index in [0.29, 0.717) is 31.1 Å². The molecule has 168 valence electrons. The monoisotopic (exact) mass is 436 g/mol. The maximum Gasteiger partial charge on any atom is 0.322 e. The van der Waals surface area contributed by atoms with Crippen LogP contribution < -0.4 is 10.1 Å². The van der Waals surface area contributed by atoms with Crippen LogP contribution >= 0.6 is 0 Å². The van der Waals surface area contributed by atoms with Gasteiger partial charge in [-0.3, -0.25) is 0 Å². The Morgan fingerprint density at radius 3 is 3.00 bits per heavy atom. The van der Waals surface area contributed by atoms with E-state index >= 15 is 0 Å². The molecule has 0 spiro atoms. The van der Waals surface area contributed by atoms with Crippen LogP contribution in [-0.4, -0.2) is 40.9 Å². The summed E-state index contributed by atoms with van der Waals surface area (Å²) in [5.41, 5.74) is 4.14. The molecular formula is C24H28N4O4. The van der Waals surface area contributed by atoms with E-state index in [9.17, 15) is 4.79 Å². The lowest BCUT2D eigenvalue weighted by Gasteiger charge is -2.33. The largest absolute Gasteiger partial charge is 0.494 e. The predicted octanol–water partition coefficient (Wildman–Crippen LogP) is 4.94. The SMILES string of the molecule is Cc1oncc1NC(=O)N1CC/C(=C\c2cccc(OCCCc3cnoc3)c2)C(C)C1. The number of rotatable bonds is 7. The molecule has 8 heteroatoms. The van der Waals surface area contributed by atoms with E-state index in [1.165, 1.54) is 11.8 Å². The first kappa shape index (κ1) is 21.7. The summed E-state index contributed by atoms with van der Waals surface area (Å²) < 4.78 is 15.8. The number of ether oxygens (including phenoxy) is 1. The standard InChI is InChI=1S/C24H28N4O4/c1-17-15-28(24(29)27-23-14-26-32-18(23)2)9-8-21(17)11-19-5-3-7-22(12-19)30-10-4-6-20-13-25-31-16-20/h3,5,7,11-14,16-17H,4,6,8-10,15H2,1-2H3,(H,27,29)/b21-11+. The highest BCUT2D eigenvalue weighted by Crippen LogP contribution is 2.27. The summed E-state index contributed by atoms with van der Waals surface area (Å²) in [5, 5.41) is 10.3. The third-order valence-corrected chi connectivity index (χ3v) is 5.65. The molecule has 32 heavy (non-hydrogen) atoms. The van der Waals surface area contributed by atoms with Crippen molar-refractivity contribution in [2.24, 2.45) is 5.92 Å². The van der Waals surface area contributed by atoms with Gasteiger partial charge in [-0.05, 0) is 49.8 Å². The Kier molecular flexibility index (Phi) is 6.89. The molecule has 1 N–H and O–H groups in total. The lowest BCUT2D eigenvalue weighted by Crippen LogP contribution is -2.42. The molecule has 2 amide bonds. The zero-order chi connectivity index (χ0) is 22.3. The summed E-state index contributed by atoms with van der Waals surface area (Å²) in [4.78, 5) is 14.4. The predicted molar refractivity (Wildman–Crippen MR) is 120 cm³/mol. The van der Waals surface area contributed by atoms with Crippen molar-refractivity contribution in [2.75, 3.05) is 25.0 Å². The van der Waals surface area contributed by atoms with Gasteiger partial charge in [-0.25, -0.2) is 4.79 Å². The molecule has 0 radical (unpaired) electrons. The molecule has 1 fully saturated rings. The summed E-state index contributed by atoms with van der Waals surface area (Å²) in [7, 11) is 0. The van der Waals surface area contributed by atoms with Crippen molar-refractivity contribution >= 4 is 17.8 Å². The van der Waals surface area contributed by atoms with Crippen molar-refractivity contribution in [2.45, 2.75) is 33.1 Å². The summed E-state index contributed by atoms with van der Waals surface area (Å²) in [6.07, 6.45) is 9.75. The van der Waals surface area contributed by atoms with Gasteiger partial charge in [0.1, 0.15) is 17.7 Å². The molecule has 1 aliphatic rings. The first-order valence-electron chi connectivity index (χ1n) is 10.9. The van der Waals surface area contributed by atoms with Crippen LogP contribution in [0.3, 0.4) is 0 Å². The van der Waals surface area contributed by atoms with Gasteiger partial charge in [-0.2, -0.15) is 0 Å². The number of piperidine rings is 1. The Morgan fingerprint density at radius 2 is 2.25 bits per heavy atom. The molecule has 1 aromatic carbocycles. The van der Waals surface area contributed by atoms with E-state index in [1.807, 2.05) is 17.0 Å². The number of carbonyl (C=O) groups is 1. The molecule has 0 bridgehead atoms. The van der Waals surface area contributed by atoms with Crippen LogP contribution in [0.1, 0.15) is 36.7 Å². The maximum absolute atomic E-state index is 12.6. The van der Waals surface area contributed by atoms with Crippen LogP contribution in [0, 0.1) is 12.8 Å². The Bertz CT molecular complexity index is 1060. The molecule has 8 nitrogen and oxygen atoms in total. The number of aryl methyl sites for hydroxylation is 2. The van der Waals surface area contributed by atoms with Crippen molar-refractivity contribution in [1.82, 2.24) is 15.2 Å². The second kappa shape index (κ2) is 10.2. The zero-order valence-corrected chi connectivity index (χ0v) is 18.4. The fourth-order valence-corrected chi connectivity index (χ4v) is 3.79. The second-order valence-electron chi connectivity index (χ2n) is 8.10. The van der Waals surface area contributed by atoms with E-state index in [2.05, 4.69) is 40.8 Å². The molecular weight excluding hydrogens is 408 g/mol. The molecule has 3 heterocycles. The van der Waals surface area contributed by atoms with Gasteiger partial charge in [-0.1, -0.05) is 41.0 Å². The van der Waals surface area contributed by atoms with E-state index in [1.54, 1.807) is 19.4 Å². The minimum atomic E-state index is -0.121. The first-order valence-corrected chi connectivity index (χ1v) is 10.9. The van der Waals surface area contributed by atoms with E-state index in [-0.39, 0.29) is 11.9 Å².